The zero-order chi connectivity index (χ0) is 21.3. The molecule has 0 fully saturated rings. The van der Waals surface area contributed by atoms with Crippen molar-refractivity contribution in [3.8, 4) is 5.75 Å². The van der Waals surface area contributed by atoms with E-state index in [1.807, 2.05) is 45.0 Å². The fourth-order valence-electron chi connectivity index (χ4n) is 3.10. The highest BCUT2D eigenvalue weighted by atomic mass is 32.2. The van der Waals surface area contributed by atoms with Gasteiger partial charge in [0.2, 0.25) is 5.91 Å². The lowest BCUT2D eigenvalue weighted by atomic mass is 10.3. The number of carbonyl (C=O) groups is 1. The normalized spacial score (nSPS) is 11.3. The second-order valence-electron chi connectivity index (χ2n) is 6.57. The van der Waals surface area contributed by atoms with Crippen LogP contribution in [-0.4, -0.2) is 37.8 Å². The average Bonchev–Trinajstić information content (AvgIpc) is 3.28. The molecule has 3 aromatic heterocycles. The third-order valence-corrected chi connectivity index (χ3v) is 6.33. The summed E-state index contributed by atoms with van der Waals surface area (Å²) in [6, 6.07) is 7.51. The maximum atomic E-state index is 12.7. The van der Waals surface area contributed by atoms with Gasteiger partial charge < -0.3 is 15.0 Å². The summed E-state index contributed by atoms with van der Waals surface area (Å²) in [5.41, 5.74) is 2.63. The first-order valence-corrected chi connectivity index (χ1v) is 11.3. The van der Waals surface area contributed by atoms with E-state index in [2.05, 4.69) is 20.3 Å². The van der Waals surface area contributed by atoms with E-state index < -0.39 is 0 Å². The van der Waals surface area contributed by atoms with E-state index in [4.69, 9.17) is 4.74 Å². The first-order valence-electron chi connectivity index (χ1n) is 9.54. The summed E-state index contributed by atoms with van der Waals surface area (Å²) in [4.78, 5) is 37.2. The van der Waals surface area contributed by atoms with Gasteiger partial charge in [0.25, 0.3) is 5.56 Å². The Morgan fingerprint density at radius 2 is 2.10 bits per heavy atom. The van der Waals surface area contributed by atoms with Crippen molar-refractivity contribution in [2.45, 2.75) is 32.5 Å². The van der Waals surface area contributed by atoms with Crippen molar-refractivity contribution in [1.82, 2.24) is 19.5 Å². The number of benzene rings is 1. The highest BCUT2D eigenvalue weighted by molar-refractivity contribution is 7.99. The van der Waals surface area contributed by atoms with E-state index >= 15 is 0 Å². The molecule has 0 saturated carbocycles. The van der Waals surface area contributed by atoms with Gasteiger partial charge in [0, 0.05) is 18.3 Å². The molecule has 0 radical (unpaired) electrons. The number of hydrogen-bond acceptors (Lipinski definition) is 7. The summed E-state index contributed by atoms with van der Waals surface area (Å²) in [5, 5.41) is 3.88. The van der Waals surface area contributed by atoms with Crippen LogP contribution >= 0.6 is 23.1 Å². The van der Waals surface area contributed by atoms with E-state index in [1.54, 1.807) is 4.57 Å². The molecule has 30 heavy (non-hydrogen) atoms. The lowest BCUT2D eigenvalue weighted by Crippen LogP contribution is -2.23. The van der Waals surface area contributed by atoms with Crippen LogP contribution in [0.15, 0.2) is 34.2 Å². The van der Waals surface area contributed by atoms with E-state index in [0.29, 0.717) is 34.5 Å². The minimum absolute atomic E-state index is 0.126. The van der Waals surface area contributed by atoms with Crippen LogP contribution in [0.25, 0.3) is 21.3 Å². The van der Waals surface area contributed by atoms with Crippen LogP contribution < -0.4 is 15.6 Å². The summed E-state index contributed by atoms with van der Waals surface area (Å²) in [5.74, 6) is 0.677. The van der Waals surface area contributed by atoms with Gasteiger partial charge in [-0.25, -0.2) is 9.97 Å². The monoisotopic (exact) mass is 443 g/mol. The molecular weight excluding hydrogens is 422 g/mol. The predicted molar refractivity (Wildman–Crippen MR) is 121 cm³/mol. The van der Waals surface area contributed by atoms with Crippen LogP contribution in [0.3, 0.4) is 0 Å². The number of rotatable bonds is 7. The third kappa shape index (κ3) is 4.05. The Morgan fingerprint density at radius 3 is 2.87 bits per heavy atom. The standard InChI is InChI=1S/C20H21N5O3S2/c1-4-25-18(27)17-14(8-11(3)21-17)23-20(25)29-10-16(26)24-19-22-13-9-12(28-5-2)6-7-15(13)30-19/h6-9,21H,4-5,10H2,1-3H3,(H,22,24,26). The zero-order valence-electron chi connectivity index (χ0n) is 16.8. The number of nitrogens with zero attached hydrogens (tertiary/aromatic N) is 3. The van der Waals surface area contributed by atoms with Crippen LogP contribution in [0.5, 0.6) is 5.75 Å². The SMILES string of the molecule is CCOc1ccc2sc(NC(=O)CSc3nc4cc(C)[nH]c4c(=O)n3CC)nc2c1. The van der Waals surface area contributed by atoms with E-state index in [0.717, 1.165) is 21.7 Å². The fraction of sp³-hybridized carbons (Fsp3) is 0.300. The van der Waals surface area contributed by atoms with Gasteiger partial charge in [-0.05, 0) is 39.0 Å². The third-order valence-electron chi connectivity index (χ3n) is 4.40. The van der Waals surface area contributed by atoms with Crippen molar-refractivity contribution in [1.29, 1.82) is 0 Å². The molecule has 8 nitrogen and oxygen atoms in total. The lowest BCUT2D eigenvalue weighted by Gasteiger charge is -2.09. The van der Waals surface area contributed by atoms with Gasteiger partial charge >= 0.3 is 0 Å². The summed E-state index contributed by atoms with van der Waals surface area (Å²) in [6.45, 7) is 6.75. The van der Waals surface area contributed by atoms with Crippen LogP contribution in [0, 0.1) is 6.92 Å². The predicted octanol–water partition coefficient (Wildman–Crippen LogP) is 3.79. The topological polar surface area (TPSA) is 102 Å². The number of H-pyrrole nitrogens is 1. The fourth-order valence-corrected chi connectivity index (χ4v) is 4.83. The van der Waals surface area contributed by atoms with Crippen LogP contribution in [0.2, 0.25) is 0 Å². The number of aromatic nitrogens is 4. The number of ether oxygens (including phenoxy) is 1. The second kappa shape index (κ2) is 8.49. The Hall–Kier alpha value is -2.85. The minimum atomic E-state index is -0.202. The molecule has 3 heterocycles. The molecule has 0 saturated heterocycles. The van der Waals surface area contributed by atoms with Gasteiger partial charge in [-0.2, -0.15) is 0 Å². The summed E-state index contributed by atoms with van der Waals surface area (Å²) >= 11 is 2.64. The second-order valence-corrected chi connectivity index (χ2v) is 8.55. The molecule has 0 atom stereocenters. The van der Waals surface area contributed by atoms with Crippen molar-refractivity contribution in [3.05, 3.63) is 40.3 Å². The molecule has 0 bridgehead atoms. The molecule has 4 aromatic rings. The number of hydrogen-bond donors (Lipinski definition) is 2. The van der Waals surface area contributed by atoms with E-state index in [1.165, 1.54) is 23.1 Å². The number of aryl methyl sites for hydroxylation is 1. The molecule has 0 aliphatic heterocycles. The molecular formula is C20H21N5O3S2. The van der Waals surface area contributed by atoms with Gasteiger partial charge in [-0.15, -0.1) is 0 Å². The molecule has 0 aliphatic carbocycles. The van der Waals surface area contributed by atoms with Gasteiger partial charge in [-0.3, -0.25) is 14.2 Å². The Bertz CT molecular complexity index is 1290. The van der Waals surface area contributed by atoms with E-state index in [9.17, 15) is 9.59 Å². The summed E-state index contributed by atoms with van der Waals surface area (Å²) < 4.78 is 8.03. The molecule has 10 heteroatoms. The number of amides is 1. The number of fused-ring (bicyclic) bond motifs is 2. The number of thioether (sulfide) groups is 1. The first kappa shape index (κ1) is 20.4. The Balaban J connectivity index is 1.48. The molecule has 1 aromatic carbocycles. The Morgan fingerprint density at radius 1 is 1.27 bits per heavy atom. The van der Waals surface area contributed by atoms with Crippen LogP contribution in [0.4, 0.5) is 5.13 Å². The van der Waals surface area contributed by atoms with Crippen LogP contribution in [0.1, 0.15) is 19.5 Å². The minimum Gasteiger partial charge on any atom is -0.494 e. The molecule has 0 unspecified atom stereocenters. The summed E-state index contributed by atoms with van der Waals surface area (Å²) in [7, 11) is 0. The van der Waals surface area contributed by atoms with Gasteiger partial charge in [0.15, 0.2) is 10.3 Å². The Kier molecular flexibility index (Phi) is 5.78. The number of nitrogens with one attached hydrogen (secondary N) is 2. The van der Waals surface area contributed by atoms with Gasteiger partial charge in [0.05, 0.1) is 28.1 Å². The van der Waals surface area contributed by atoms with Crippen molar-refractivity contribution >= 4 is 55.4 Å². The van der Waals surface area contributed by atoms with Crippen molar-refractivity contribution in [2.24, 2.45) is 0 Å². The van der Waals surface area contributed by atoms with E-state index in [-0.39, 0.29) is 17.2 Å². The molecule has 0 spiro atoms. The van der Waals surface area contributed by atoms with Gasteiger partial charge in [-0.1, -0.05) is 23.1 Å². The average molecular weight is 444 g/mol. The van der Waals surface area contributed by atoms with Crippen LogP contribution in [-0.2, 0) is 11.3 Å². The molecule has 156 valence electrons. The highest BCUT2D eigenvalue weighted by Gasteiger charge is 2.15. The van der Waals surface area contributed by atoms with Gasteiger partial charge in [0.1, 0.15) is 11.3 Å². The maximum Gasteiger partial charge on any atom is 0.278 e. The van der Waals surface area contributed by atoms with Crippen molar-refractivity contribution in [3.63, 3.8) is 0 Å². The lowest BCUT2D eigenvalue weighted by molar-refractivity contribution is -0.113. The molecule has 1 amide bonds. The first-order chi connectivity index (χ1) is 14.5. The number of carbonyl (C=O) groups excluding carboxylic acids is 1. The largest absolute Gasteiger partial charge is 0.494 e. The molecule has 4 rings (SSSR count). The number of anilines is 1. The van der Waals surface area contributed by atoms with Crippen molar-refractivity contribution < 1.29 is 9.53 Å². The smallest absolute Gasteiger partial charge is 0.278 e. The zero-order valence-corrected chi connectivity index (χ0v) is 18.4. The molecule has 0 aliphatic rings. The van der Waals surface area contributed by atoms with Crippen molar-refractivity contribution in [2.75, 3.05) is 17.7 Å². The maximum absolute atomic E-state index is 12.7. The quantitative estimate of drug-likeness (QED) is 0.333. The Labute approximate surface area is 180 Å². The summed E-state index contributed by atoms with van der Waals surface area (Å²) in [6.07, 6.45) is 0. The highest BCUT2D eigenvalue weighted by Crippen LogP contribution is 2.29. The number of thiazole rings is 1. The molecule has 2 N–H and O–H groups in total. The number of aromatic amines is 1.